The average molecular weight is 279 g/mol. The molecule has 0 spiro atoms. The molecule has 0 bridgehead atoms. The lowest BCUT2D eigenvalue weighted by molar-refractivity contribution is 0.494. The summed E-state index contributed by atoms with van der Waals surface area (Å²) in [4.78, 5) is 21.5. The highest BCUT2D eigenvalue weighted by atomic mass is 32.1. The van der Waals surface area contributed by atoms with E-state index < -0.39 is 0 Å². The number of aryl methyl sites for hydroxylation is 2. The maximum atomic E-state index is 12.1. The van der Waals surface area contributed by atoms with E-state index >= 15 is 0 Å². The monoisotopic (exact) mass is 279 g/mol. The molecule has 0 fully saturated rings. The van der Waals surface area contributed by atoms with Gasteiger partial charge in [-0.25, -0.2) is 4.98 Å². The van der Waals surface area contributed by atoms with E-state index in [4.69, 9.17) is 0 Å². The van der Waals surface area contributed by atoms with Gasteiger partial charge in [-0.05, 0) is 31.9 Å². The molecule has 2 rings (SSSR count). The maximum absolute atomic E-state index is 12.1. The van der Waals surface area contributed by atoms with Crippen LogP contribution < -0.4 is 10.9 Å². The first-order valence-corrected chi connectivity index (χ1v) is 7.54. The second-order valence-corrected chi connectivity index (χ2v) is 6.32. The molecule has 4 nitrogen and oxygen atoms in total. The summed E-state index contributed by atoms with van der Waals surface area (Å²) in [5.41, 5.74) is 1.03. The molecule has 0 aliphatic carbocycles. The minimum atomic E-state index is -0.0211. The van der Waals surface area contributed by atoms with E-state index in [9.17, 15) is 4.79 Å². The lowest BCUT2D eigenvalue weighted by Crippen LogP contribution is -2.23. The minimum Gasteiger partial charge on any atom is -0.310 e. The van der Waals surface area contributed by atoms with Gasteiger partial charge in [0.2, 0.25) is 0 Å². The van der Waals surface area contributed by atoms with Crippen LogP contribution in [0.1, 0.15) is 36.5 Å². The van der Waals surface area contributed by atoms with Crippen molar-refractivity contribution >= 4 is 21.6 Å². The number of hydrogen-bond donors (Lipinski definition) is 2. The van der Waals surface area contributed by atoms with E-state index in [1.807, 2.05) is 13.8 Å². The molecule has 2 heterocycles. The Morgan fingerprint density at radius 2 is 2.16 bits per heavy atom. The lowest BCUT2D eigenvalue weighted by atomic mass is 10.1. The zero-order valence-corrected chi connectivity index (χ0v) is 12.8. The van der Waals surface area contributed by atoms with Gasteiger partial charge in [0.15, 0.2) is 0 Å². The topological polar surface area (TPSA) is 57.8 Å². The Balaban J connectivity index is 2.20. The van der Waals surface area contributed by atoms with Gasteiger partial charge < -0.3 is 10.3 Å². The van der Waals surface area contributed by atoms with Crippen LogP contribution in [-0.2, 0) is 6.54 Å². The number of rotatable bonds is 5. The van der Waals surface area contributed by atoms with Crippen LogP contribution in [-0.4, -0.2) is 16.5 Å². The first kappa shape index (κ1) is 14.2. The van der Waals surface area contributed by atoms with Crippen molar-refractivity contribution in [2.45, 2.75) is 40.7 Å². The third-order valence-corrected chi connectivity index (χ3v) is 4.67. The summed E-state index contributed by atoms with van der Waals surface area (Å²) >= 11 is 1.59. The predicted molar refractivity (Wildman–Crippen MR) is 80.9 cm³/mol. The average Bonchev–Trinajstić information content (AvgIpc) is 2.65. The van der Waals surface area contributed by atoms with Crippen molar-refractivity contribution in [1.82, 2.24) is 15.3 Å². The Morgan fingerprint density at radius 1 is 1.42 bits per heavy atom. The number of aromatic amines is 1. The van der Waals surface area contributed by atoms with Gasteiger partial charge in [-0.15, -0.1) is 11.3 Å². The molecule has 0 radical (unpaired) electrons. The molecule has 2 aromatic rings. The summed E-state index contributed by atoms with van der Waals surface area (Å²) in [6.07, 6.45) is 1.15. The number of aromatic nitrogens is 2. The molecule has 2 N–H and O–H groups in total. The molecule has 1 unspecified atom stereocenters. The Morgan fingerprint density at radius 3 is 2.84 bits per heavy atom. The summed E-state index contributed by atoms with van der Waals surface area (Å²) in [6, 6.07) is 0. The predicted octanol–water partition coefficient (Wildman–Crippen LogP) is 2.74. The molecule has 1 atom stereocenters. The molecule has 104 valence electrons. The van der Waals surface area contributed by atoms with Crippen LogP contribution in [0.5, 0.6) is 0 Å². The van der Waals surface area contributed by atoms with Gasteiger partial charge in [-0.3, -0.25) is 4.79 Å². The van der Waals surface area contributed by atoms with Crippen molar-refractivity contribution in [3.05, 3.63) is 26.6 Å². The van der Waals surface area contributed by atoms with Gasteiger partial charge in [0.25, 0.3) is 5.56 Å². The van der Waals surface area contributed by atoms with Crippen molar-refractivity contribution in [1.29, 1.82) is 0 Å². The Kier molecular flexibility index (Phi) is 4.37. The van der Waals surface area contributed by atoms with Gasteiger partial charge >= 0.3 is 0 Å². The van der Waals surface area contributed by atoms with E-state index in [0.29, 0.717) is 12.5 Å². The molecule has 0 amide bonds. The Labute approximate surface area is 117 Å². The molecule has 0 saturated carbocycles. The van der Waals surface area contributed by atoms with Gasteiger partial charge in [0.1, 0.15) is 10.7 Å². The second kappa shape index (κ2) is 5.84. The zero-order chi connectivity index (χ0) is 14.0. The maximum Gasteiger partial charge on any atom is 0.259 e. The van der Waals surface area contributed by atoms with E-state index in [-0.39, 0.29) is 5.56 Å². The van der Waals surface area contributed by atoms with Crippen LogP contribution in [0.15, 0.2) is 4.79 Å². The third-order valence-electron chi connectivity index (χ3n) is 3.57. The molecule has 0 saturated heterocycles. The van der Waals surface area contributed by atoms with Crippen molar-refractivity contribution in [2.75, 3.05) is 6.54 Å². The SMILES string of the molecule is CCC(C)CNCc1nc2sc(C)c(C)c2c(=O)[nH]1. The lowest BCUT2D eigenvalue weighted by Gasteiger charge is -2.09. The van der Waals surface area contributed by atoms with E-state index in [1.54, 1.807) is 11.3 Å². The van der Waals surface area contributed by atoms with Gasteiger partial charge in [-0.1, -0.05) is 20.3 Å². The number of H-pyrrole nitrogens is 1. The quantitative estimate of drug-likeness (QED) is 0.885. The summed E-state index contributed by atoms with van der Waals surface area (Å²) in [6.45, 7) is 9.95. The largest absolute Gasteiger partial charge is 0.310 e. The summed E-state index contributed by atoms with van der Waals surface area (Å²) in [5, 5.41) is 4.08. The molecule has 2 aromatic heterocycles. The molecule has 5 heteroatoms. The number of nitrogens with one attached hydrogen (secondary N) is 2. The molecule has 0 aromatic carbocycles. The van der Waals surface area contributed by atoms with Gasteiger partial charge in [0, 0.05) is 4.88 Å². The number of nitrogens with zero attached hydrogens (tertiary/aromatic N) is 1. The minimum absolute atomic E-state index is 0.0211. The van der Waals surface area contributed by atoms with Crippen LogP contribution in [0.25, 0.3) is 10.2 Å². The van der Waals surface area contributed by atoms with Crippen LogP contribution in [0, 0.1) is 19.8 Å². The highest BCUT2D eigenvalue weighted by Gasteiger charge is 2.11. The van der Waals surface area contributed by atoms with E-state index in [1.165, 1.54) is 0 Å². The third kappa shape index (κ3) is 3.04. The molecule has 19 heavy (non-hydrogen) atoms. The summed E-state index contributed by atoms with van der Waals surface area (Å²) < 4.78 is 0. The molecular weight excluding hydrogens is 258 g/mol. The van der Waals surface area contributed by atoms with Crippen molar-refractivity contribution in [3.8, 4) is 0 Å². The molecule has 0 aliphatic rings. The van der Waals surface area contributed by atoms with Crippen LogP contribution in [0.4, 0.5) is 0 Å². The summed E-state index contributed by atoms with van der Waals surface area (Å²) in [5.74, 6) is 1.36. The Bertz CT molecular complexity index is 629. The van der Waals surface area contributed by atoms with Crippen molar-refractivity contribution < 1.29 is 0 Å². The fraction of sp³-hybridized carbons (Fsp3) is 0.571. The first-order chi connectivity index (χ1) is 9.02. The van der Waals surface area contributed by atoms with Crippen LogP contribution >= 0.6 is 11.3 Å². The van der Waals surface area contributed by atoms with Crippen LogP contribution in [0.3, 0.4) is 0 Å². The molecular formula is C14H21N3OS. The van der Waals surface area contributed by atoms with Gasteiger partial charge in [-0.2, -0.15) is 0 Å². The number of thiophene rings is 1. The van der Waals surface area contributed by atoms with Crippen molar-refractivity contribution in [3.63, 3.8) is 0 Å². The summed E-state index contributed by atoms with van der Waals surface area (Å²) in [7, 11) is 0. The standard InChI is InChI=1S/C14H21N3OS/c1-5-8(2)6-15-7-11-16-13(18)12-9(3)10(4)19-14(12)17-11/h8,15H,5-7H2,1-4H3,(H,16,17,18). The van der Waals surface area contributed by atoms with Crippen molar-refractivity contribution in [2.24, 2.45) is 5.92 Å². The number of hydrogen-bond acceptors (Lipinski definition) is 4. The van der Waals surface area contributed by atoms with Gasteiger partial charge in [0.05, 0.1) is 11.9 Å². The van der Waals surface area contributed by atoms with E-state index in [0.717, 1.165) is 39.4 Å². The second-order valence-electron chi connectivity index (χ2n) is 5.12. The van der Waals surface area contributed by atoms with E-state index in [2.05, 4.69) is 29.1 Å². The Hall–Kier alpha value is -1.20. The number of fused-ring (bicyclic) bond motifs is 1. The normalized spacial score (nSPS) is 13.1. The molecule has 0 aliphatic heterocycles. The fourth-order valence-electron chi connectivity index (χ4n) is 1.96. The highest BCUT2D eigenvalue weighted by molar-refractivity contribution is 7.18. The fourth-order valence-corrected chi connectivity index (χ4v) is 3.01. The zero-order valence-electron chi connectivity index (χ0n) is 12.0. The smallest absolute Gasteiger partial charge is 0.259 e. The van der Waals surface area contributed by atoms with Crippen LogP contribution in [0.2, 0.25) is 0 Å². The highest BCUT2D eigenvalue weighted by Crippen LogP contribution is 2.25. The first-order valence-electron chi connectivity index (χ1n) is 6.72.